The molecule has 0 unspecified atom stereocenters. The maximum atomic E-state index is 11.8. The molecule has 0 N–H and O–H groups in total. The van der Waals surface area contributed by atoms with Gasteiger partial charge < -0.3 is 0 Å². The molecule has 76 valence electrons. The molecule has 0 saturated heterocycles. The molecule has 2 rings (SSSR count). The van der Waals surface area contributed by atoms with E-state index in [0.717, 1.165) is 0 Å². The number of nitrogens with zero attached hydrogens (tertiary/aromatic N) is 2. The van der Waals surface area contributed by atoms with E-state index in [1.807, 2.05) is 0 Å². The van der Waals surface area contributed by atoms with Gasteiger partial charge in [0, 0.05) is 0 Å². The van der Waals surface area contributed by atoms with Gasteiger partial charge in [-0.3, -0.25) is 0 Å². The molecule has 1 heterocycles. The van der Waals surface area contributed by atoms with Crippen molar-refractivity contribution in [1.82, 2.24) is 3.32 Å². The molecular formula is C8H4N2O3SSe. The van der Waals surface area contributed by atoms with E-state index in [1.54, 1.807) is 17.1 Å². The summed E-state index contributed by atoms with van der Waals surface area (Å²) in [6, 6.07) is 5.96. The summed E-state index contributed by atoms with van der Waals surface area (Å²) in [6.07, 6.45) is 0. The number of fused-ring (bicyclic) bond motifs is 1. The molecular weight excluding hydrogens is 283 g/mol. The first-order valence-corrected chi connectivity index (χ1v) is 6.90. The second kappa shape index (κ2) is 3.35. The molecule has 1 aromatic carbocycles. The molecule has 1 aliphatic rings. The fourth-order valence-corrected chi connectivity index (χ4v) is 4.40. The Morgan fingerprint density at radius 3 is 2.60 bits per heavy atom. The van der Waals surface area contributed by atoms with E-state index in [0.29, 0.717) is 3.32 Å². The maximum absolute atomic E-state index is 11.8. The Balaban J connectivity index is 2.67. The van der Waals surface area contributed by atoms with Gasteiger partial charge in [0.25, 0.3) is 0 Å². The van der Waals surface area contributed by atoms with E-state index in [9.17, 15) is 13.2 Å². The number of rotatable bonds is 1. The molecule has 1 aliphatic heterocycles. The van der Waals surface area contributed by atoms with Crippen molar-refractivity contribution >= 4 is 31.1 Å². The Hall–Kier alpha value is -1.35. The Kier molecular flexibility index (Phi) is 2.27. The molecule has 7 heteroatoms. The van der Waals surface area contributed by atoms with Gasteiger partial charge in [-0.1, -0.05) is 0 Å². The van der Waals surface area contributed by atoms with Gasteiger partial charge in [0.05, 0.1) is 0 Å². The quantitative estimate of drug-likeness (QED) is 0.677. The summed E-state index contributed by atoms with van der Waals surface area (Å²) in [4.78, 5) is 13.3. The number of hydrogen-bond acceptors (Lipinski definition) is 4. The number of benzene rings is 1. The molecule has 0 aromatic heterocycles. The first-order chi connectivity index (χ1) is 7.09. The van der Waals surface area contributed by atoms with Crippen LogP contribution in [0.4, 0.5) is 0 Å². The fourth-order valence-electron chi connectivity index (χ4n) is 1.29. The van der Waals surface area contributed by atoms with Crippen LogP contribution in [0.3, 0.4) is 0 Å². The van der Waals surface area contributed by atoms with Crippen LogP contribution in [0.15, 0.2) is 29.2 Å². The number of sulfonamides is 1. The van der Waals surface area contributed by atoms with Gasteiger partial charge in [-0.2, -0.15) is 0 Å². The summed E-state index contributed by atoms with van der Waals surface area (Å²) in [5.41, 5.74) is 0.148. The van der Waals surface area contributed by atoms with Crippen molar-refractivity contribution in [2.24, 2.45) is 0 Å². The predicted octanol–water partition coefficient (Wildman–Crippen LogP) is -0.0686. The van der Waals surface area contributed by atoms with Crippen LogP contribution < -0.4 is 0 Å². The van der Waals surface area contributed by atoms with E-state index < -0.39 is 31.1 Å². The zero-order valence-electron chi connectivity index (χ0n) is 7.25. The van der Waals surface area contributed by atoms with Crippen LogP contribution in [-0.4, -0.2) is 32.8 Å². The van der Waals surface area contributed by atoms with Gasteiger partial charge in [0.1, 0.15) is 0 Å². The SMILES string of the molecule is N#C[Se]N1C(=O)c2ccccc2S1(=O)=O. The summed E-state index contributed by atoms with van der Waals surface area (Å²) in [7, 11) is -3.77. The van der Waals surface area contributed by atoms with Gasteiger partial charge in [-0.15, -0.1) is 0 Å². The van der Waals surface area contributed by atoms with E-state index in [2.05, 4.69) is 0 Å². The van der Waals surface area contributed by atoms with Crippen molar-refractivity contribution in [2.45, 2.75) is 4.90 Å². The minimum atomic E-state index is -3.77. The number of nitriles is 1. The molecule has 1 amide bonds. The van der Waals surface area contributed by atoms with Crippen molar-refractivity contribution in [3.05, 3.63) is 29.8 Å². The Labute approximate surface area is 92.7 Å². The minimum absolute atomic E-state index is 0.00729. The van der Waals surface area contributed by atoms with Crippen molar-refractivity contribution in [3.8, 4) is 4.97 Å². The standard InChI is InChI=1S/C8H4N2O3SSe/c9-5-15-10-8(11)6-3-1-2-4-7(6)14(10,12)13/h1-4H. The first-order valence-electron chi connectivity index (χ1n) is 3.84. The Morgan fingerprint density at radius 2 is 2.00 bits per heavy atom. The third-order valence-corrected chi connectivity index (χ3v) is 5.91. The molecule has 1 aromatic rings. The first kappa shape index (κ1) is 10.2. The molecule has 0 bridgehead atoms. The summed E-state index contributed by atoms with van der Waals surface area (Å²) < 4.78 is 24.2. The van der Waals surface area contributed by atoms with Gasteiger partial charge in [-0.05, 0) is 0 Å². The molecule has 0 atom stereocenters. The monoisotopic (exact) mass is 288 g/mol. The number of hydrogen-bond donors (Lipinski definition) is 0. The summed E-state index contributed by atoms with van der Waals surface area (Å²) in [5, 5.41) is 8.48. The van der Waals surface area contributed by atoms with Crippen LogP contribution in [0.2, 0.25) is 0 Å². The van der Waals surface area contributed by atoms with Crippen LogP contribution >= 0.6 is 0 Å². The second-order valence-electron chi connectivity index (χ2n) is 2.72. The van der Waals surface area contributed by atoms with Crippen molar-refractivity contribution in [1.29, 1.82) is 5.26 Å². The molecule has 0 radical (unpaired) electrons. The molecule has 0 fully saturated rings. The molecule has 0 spiro atoms. The number of carbonyl (C=O) groups excluding carboxylic acids is 1. The third kappa shape index (κ3) is 1.35. The average Bonchev–Trinajstić information content (AvgIpc) is 2.41. The van der Waals surface area contributed by atoms with E-state index in [4.69, 9.17) is 5.26 Å². The van der Waals surface area contributed by atoms with Crippen LogP contribution in [0.1, 0.15) is 10.4 Å². The van der Waals surface area contributed by atoms with Crippen LogP contribution in [0, 0.1) is 10.2 Å². The number of amides is 1. The molecule has 5 nitrogen and oxygen atoms in total. The van der Waals surface area contributed by atoms with Crippen LogP contribution in [-0.2, 0) is 10.0 Å². The van der Waals surface area contributed by atoms with E-state index in [-0.39, 0.29) is 10.5 Å². The fraction of sp³-hybridized carbons (Fsp3) is 0. The van der Waals surface area contributed by atoms with Gasteiger partial charge >= 0.3 is 92.6 Å². The number of carbonyl (C=O) groups is 1. The summed E-state index contributed by atoms with van der Waals surface area (Å²) in [5.74, 6) is -0.604. The molecule has 0 saturated carbocycles. The molecule has 15 heavy (non-hydrogen) atoms. The van der Waals surface area contributed by atoms with Crippen molar-refractivity contribution in [2.75, 3.05) is 0 Å². The normalized spacial score (nSPS) is 17.3. The Morgan fingerprint density at radius 1 is 1.33 bits per heavy atom. The zero-order valence-corrected chi connectivity index (χ0v) is 9.77. The second-order valence-corrected chi connectivity index (χ2v) is 6.53. The predicted molar refractivity (Wildman–Crippen MR) is 51.2 cm³/mol. The average molecular weight is 287 g/mol. The zero-order chi connectivity index (χ0) is 11.1. The van der Waals surface area contributed by atoms with E-state index in [1.165, 1.54) is 12.1 Å². The summed E-state index contributed by atoms with van der Waals surface area (Å²) in [6.45, 7) is 0. The molecule has 0 aliphatic carbocycles. The summed E-state index contributed by atoms with van der Waals surface area (Å²) >= 11 is -1.02. The van der Waals surface area contributed by atoms with Gasteiger partial charge in [0.2, 0.25) is 0 Å². The topological polar surface area (TPSA) is 78.2 Å². The van der Waals surface area contributed by atoms with Gasteiger partial charge in [-0.25, -0.2) is 0 Å². The van der Waals surface area contributed by atoms with Crippen molar-refractivity contribution < 1.29 is 13.2 Å². The third-order valence-electron chi connectivity index (χ3n) is 1.90. The van der Waals surface area contributed by atoms with Gasteiger partial charge in [0.15, 0.2) is 0 Å². The van der Waals surface area contributed by atoms with Crippen LogP contribution in [0.25, 0.3) is 0 Å². The van der Waals surface area contributed by atoms with Crippen molar-refractivity contribution in [3.63, 3.8) is 0 Å². The van der Waals surface area contributed by atoms with E-state index >= 15 is 0 Å². The Bertz CT molecular complexity index is 576. The van der Waals surface area contributed by atoms with Crippen LogP contribution in [0.5, 0.6) is 0 Å².